The maximum atomic E-state index is 12.7. The normalized spacial score (nSPS) is 27.8. The zero-order valence-corrected chi connectivity index (χ0v) is 11.9. The largest absolute Gasteiger partial charge is 0.393 e. The SMILES string of the molecule is C=C[C@@]1(S(=O)(=O)c2ccccc2)C[C@@H]1[C@@H](O)CCC. The van der Waals surface area contributed by atoms with Crippen LogP contribution in [0.15, 0.2) is 47.9 Å². The van der Waals surface area contributed by atoms with E-state index in [9.17, 15) is 13.5 Å². The van der Waals surface area contributed by atoms with Crippen molar-refractivity contribution in [1.82, 2.24) is 0 Å². The fourth-order valence-electron chi connectivity index (χ4n) is 2.72. The molecule has 0 radical (unpaired) electrons. The predicted molar refractivity (Wildman–Crippen MR) is 75.6 cm³/mol. The van der Waals surface area contributed by atoms with Crippen LogP contribution in [0.4, 0.5) is 0 Å². The number of hydrogen-bond acceptors (Lipinski definition) is 3. The summed E-state index contributed by atoms with van der Waals surface area (Å²) in [6.07, 6.45) is 2.87. The van der Waals surface area contributed by atoms with Gasteiger partial charge < -0.3 is 5.11 Å². The Morgan fingerprint density at radius 1 is 1.47 bits per heavy atom. The molecule has 1 fully saturated rings. The predicted octanol–water partition coefficient (Wildman–Crippen LogP) is 2.57. The molecule has 0 saturated heterocycles. The Hall–Kier alpha value is -1.13. The highest BCUT2D eigenvalue weighted by atomic mass is 32.2. The maximum Gasteiger partial charge on any atom is 0.188 e. The molecule has 0 heterocycles. The van der Waals surface area contributed by atoms with Crippen LogP contribution in [0.3, 0.4) is 0 Å². The zero-order chi connectivity index (χ0) is 14.1. The molecule has 1 aliphatic carbocycles. The van der Waals surface area contributed by atoms with Gasteiger partial charge in [0.1, 0.15) is 4.75 Å². The van der Waals surface area contributed by atoms with E-state index in [-0.39, 0.29) is 5.92 Å². The lowest BCUT2D eigenvalue weighted by Crippen LogP contribution is -2.27. The lowest BCUT2D eigenvalue weighted by molar-refractivity contribution is 0.138. The van der Waals surface area contributed by atoms with E-state index in [2.05, 4.69) is 6.58 Å². The third-order valence-corrected chi connectivity index (χ3v) is 6.48. The van der Waals surface area contributed by atoms with Gasteiger partial charge in [-0.3, -0.25) is 0 Å². The van der Waals surface area contributed by atoms with E-state index in [0.717, 1.165) is 6.42 Å². The second-order valence-electron chi connectivity index (χ2n) is 5.14. The first-order valence-corrected chi connectivity index (χ1v) is 8.09. The van der Waals surface area contributed by atoms with Crippen LogP contribution in [0.25, 0.3) is 0 Å². The number of rotatable bonds is 6. The standard InChI is InChI=1S/C15H20O3S/c1-3-8-14(16)13-11-15(13,4-2)19(17,18)12-9-6-5-7-10-12/h4-7,9-10,13-14,16H,2-3,8,11H2,1H3/t13-,14+,15-/m1/s1. The molecule has 1 N–H and O–H groups in total. The second-order valence-corrected chi connectivity index (χ2v) is 7.38. The minimum Gasteiger partial charge on any atom is -0.393 e. The molecule has 0 spiro atoms. The van der Waals surface area contributed by atoms with Crippen LogP contribution in [-0.4, -0.2) is 24.4 Å². The van der Waals surface area contributed by atoms with E-state index < -0.39 is 20.7 Å². The molecular formula is C15H20O3S. The summed E-state index contributed by atoms with van der Waals surface area (Å²) in [5.74, 6) is -0.227. The van der Waals surface area contributed by atoms with Crippen molar-refractivity contribution in [1.29, 1.82) is 0 Å². The fourth-order valence-corrected chi connectivity index (χ4v) is 4.84. The van der Waals surface area contributed by atoms with Crippen molar-refractivity contribution < 1.29 is 13.5 Å². The Bertz CT molecular complexity index is 550. The minimum absolute atomic E-state index is 0.227. The Balaban J connectivity index is 2.32. The van der Waals surface area contributed by atoms with Crippen molar-refractivity contribution in [3.63, 3.8) is 0 Å². The van der Waals surface area contributed by atoms with Gasteiger partial charge in [-0.1, -0.05) is 37.6 Å². The van der Waals surface area contributed by atoms with E-state index in [1.807, 2.05) is 6.92 Å². The summed E-state index contributed by atoms with van der Waals surface area (Å²) in [6.45, 7) is 5.67. The quantitative estimate of drug-likeness (QED) is 0.815. The van der Waals surface area contributed by atoms with Gasteiger partial charge in [-0.05, 0) is 25.0 Å². The lowest BCUT2D eigenvalue weighted by Gasteiger charge is -2.17. The molecule has 1 aromatic carbocycles. The van der Waals surface area contributed by atoms with E-state index in [1.165, 1.54) is 6.08 Å². The van der Waals surface area contributed by atoms with Gasteiger partial charge in [-0.2, -0.15) is 0 Å². The van der Waals surface area contributed by atoms with E-state index in [1.54, 1.807) is 30.3 Å². The number of aliphatic hydroxyl groups excluding tert-OH is 1. The highest BCUT2D eigenvalue weighted by molar-refractivity contribution is 7.93. The van der Waals surface area contributed by atoms with Gasteiger partial charge in [0.2, 0.25) is 0 Å². The van der Waals surface area contributed by atoms with Crippen molar-refractivity contribution in [2.45, 2.75) is 41.9 Å². The molecule has 2 rings (SSSR count). The molecule has 0 aromatic heterocycles. The third-order valence-electron chi connectivity index (χ3n) is 3.95. The van der Waals surface area contributed by atoms with Crippen LogP contribution in [0.1, 0.15) is 26.2 Å². The Labute approximate surface area is 114 Å². The van der Waals surface area contributed by atoms with Crippen LogP contribution >= 0.6 is 0 Å². The fraction of sp³-hybridized carbons (Fsp3) is 0.467. The van der Waals surface area contributed by atoms with Gasteiger partial charge in [-0.15, -0.1) is 6.58 Å². The first kappa shape index (κ1) is 14.3. The summed E-state index contributed by atoms with van der Waals surface area (Å²) < 4.78 is 24.4. The number of benzene rings is 1. The van der Waals surface area contributed by atoms with Crippen molar-refractivity contribution in [2.24, 2.45) is 5.92 Å². The minimum atomic E-state index is -3.47. The summed E-state index contributed by atoms with van der Waals surface area (Å²) in [6, 6.07) is 8.41. The molecule has 1 saturated carbocycles. The Morgan fingerprint density at radius 2 is 2.11 bits per heavy atom. The van der Waals surface area contributed by atoms with Gasteiger partial charge in [-0.25, -0.2) is 8.42 Å². The molecule has 19 heavy (non-hydrogen) atoms. The van der Waals surface area contributed by atoms with Gasteiger partial charge in [0.15, 0.2) is 9.84 Å². The molecule has 0 unspecified atom stereocenters. The lowest BCUT2D eigenvalue weighted by atomic mass is 10.1. The monoisotopic (exact) mass is 280 g/mol. The van der Waals surface area contributed by atoms with Crippen molar-refractivity contribution >= 4 is 9.84 Å². The smallest absolute Gasteiger partial charge is 0.188 e. The van der Waals surface area contributed by atoms with E-state index >= 15 is 0 Å². The van der Waals surface area contributed by atoms with E-state index in [4.69, 9.17) is 0 Å². The molecular weight excluding hydrogens is 260 g/mol. The van der Waals surface area contributed by atoms with Gasteiger partial charge >= 0.3 is 0 Å². The summed E-state index contributed by atoms with van der Waals surface area (Å²) >= 11 is 0. The van der Waals surface area contributed by atoms with Crippen LogP contribution in [0, 0.1) is 5.92 Å². The Morgan fingerprint density at radius 3 is 2.63 bits per heavy atom. The molecule has 0 bridgehead atoms. The first-order chi connectivity index (χ1) is 8.99. The molecule has 3 nitrogen and oxygen atoms in total. The van der Waals surface area contributed by atoms with Crippen molar-refractivity contribution in [2.75, 3.05) is 0 Å². The van der Waals surface area contributed by atoms with Crippen LogP contribution in [0.2, 0.25) is 0 Å². The molecule has 0 amide bonds. The highest BCUT2D eigenvalue weighted by Gasteiger charge is 2.64. The van der Waals surface area contributed by atoms with E-state index in [0.29, 0.717) is 17.7 Å². The van der Waals surface area contributed by atoms with Crippen molar-refractivity contribution in [3.05, 3.63) is 43.0 Å². The summed E-state index contributed by atoms with van der Waals surface area (Å²) in [7, 11) is -3.47. The molecule has 3 atom stereocenters. The zero-order valence-electron chi connectivity index (χ0n) is 11.1. The van der Waals surface area contributed by atoms with Crippen LogP contribution in [0.5, 0.6) is 0 Å². The average Bonchev–Trinajstić information content (AvgIpc) is 3.17. The van der Waals surface area contributed by atoms with Gasteiger partial charge in [0, 0.05) is 5.92 Å². The summed E-state index contributed by atoms with van der Waals surface area (Å²) in [5, 5.41) is 10.1. The first-order valence-electron chi connectivity index (χ1n) is 6.61. The molecule has 4 heteroatoms. The highest BCUT2D eigenvalue weighted by Crippen LogP contribution is 2.55. The summed E-state index contributed by atoms with van der Waals surface area (Å²) in [4.78, 5) is 0.307. The van der Waals surface area contributed by atoms with Crippen molar-refractivity contribution in [3.8, 4) is 0 Å². The number of aliphatic hydroxyl groups is 1. The Kier molecular flexibility index (Phi) is 3.83. The molecule has 104 valence electrons. The number of sulfone groups is 1. The summed E-state index contributed by atoms with van der Waals surface area (Å²) in [5.41, 5.74) is 0. The molecule has 1 aliphatic rings. The molecule has 1 aromatic rings. The van der Waals surface area contributed by atoms with Crippen LogP contribution < -0.4 is 0 Å². The van der Waals surface area contributed by atoms with Crippen LogP contribution in [-0.2, 0) is 9.84 Å². The maximum absolute atomic E-state index is 12.7. The number of hydrogen-bond donors (Lipinski definition) is 1. The molecule has 0 aliphatic heterocycles. The average molecular weight is 280 g/mol. The third kappa shape index (κ3) is 2.23. The van der Waals surface area contributed by atoms with Gasteiger partial charge in [0.05, 0.1) is 11.0 Å². The second kappa shape index (κ2) is 5.10. The van der Waals surface area contributed by atoms with Gasteiger partial charge in [0.25, 0.3) is 0 Å². The topological polar surface area (TPSA) is 54.4 Å².